The first-order valence-electron chi connectivity index (χ1n) is 5.30. The van der Waals surface area contributed by atoms with Crippen LogP contribution in [0.5, 0.6) is 0 Å². The third kappa shape index (κ3) is 3.49. The molecule has 0 unspecified atom stereocenters. The summed E-state index contributed by atoms with van der Waals surface area (Å²) in [5, 5.41) is 7.48. The van der Waals surface area contributed by atoms with E-state index in [2.05, 4.69) is 30.8 Å². The van der Waals surface area contributed by atoms with E-state index in [9.17, 15) is 8.42 Å². The van der Waals surface area contributed by atoms with Gasteiger partial charge in [-0.15, -0.1) is 0 Å². The van der Waals surface area contributed by atoms with Gasteiger partial charge in [-0.3, -0.25) is 0 Å². The summed E-state index contributed by atoms with van der Waals surface area (Å²) in [5.41, 5.74) is 6.51. The van der Waals surface area contributed by atoms with Gasteiger partial charge in [0.2, 0.25) is 10.0 Å². The van der Waals surface area contributed by atoms with E-state index in [0.29, 0.717) is 15.9 Å². The number of nitrogen functional groups attached to an aromatic ring is 1. The van der Waals surface area contributed by atoms with Crippen LogP contribution < -0.4 is 10.5 Å². The smallest absolute Gasteiger partial charge is 0.242 e. The molecule has 19 heavy (non-hydrogen) atoms. The second-order valence-electron chi connectivity index (χ2n) is 3.73. The molecule has 2 rings (SSSR count). The van der Waals surface area contributed by atoms with Gasteiger partial charge in [-0.25, -0.2) is 13.1 Å². The first-order chi connectivity index (χ1) is 8.99. The fourth-order valence-electron chi connectivity index (χ4n) is 1.40. The summed E-state index contributed by atoms with van der Waals surface area (Å²) >= 11 is 3.19. The van der Waals surface area contributed by atoms with Crippen LogP contribution in [0.4, 0.5) is 5.69 Å². The van der Waals surface area contributed by atoms with E-state index >= 15 is 0 Å². The average molecular weight is 343 g/mol. The first-order valence-corrected chi connectivity index (χ1v) is 7.58. The van der Waals surface area contributed by atoms with Gasteiger partial charge in [0.05, 0.1) is 17.1 Å². The predicted molar refractivity (Wildman–Crippen MR) is 74.6 cm³/mol. The number of aromatic nitrogens is 2. The molecule has 1 aromatic heterocycles. The Balaban J connectivity index is 2.21. The maximum Gasteiger partial charge on any atom is 0.242 e. The molecule has 0 radical (unpaired) electrons. The van der Waals surface area contributed by atoms with Gasteiger partial charge in [-0.05, 0) is 46.3 Å². The number of rotatable bonds is 4. The van der Waals surface area contributed by atoms with Crippen molar-refractivity contribution in [2.45, 2.75) is 11.4 Å². The van der Waals surface area contributed by atoms with Crippen LogP contribution in [0.25, 0.3) is 0 Å². The normalized spacial score (nSPS) is 11.4. The number of sulfonamides is 1. The van der Waals surface area contributed by atoms with Gasteiger partial charge in [-0.2, -0.15) is 10.2 Å². The second kappa shape index (κ2) is 5.64. The summed E-state index contributed by atoms with van der Waals surface area (Å²) in [6, 6.07) is 7.97. The van der Waals surface area contributed by atoms with Crippen LogP contribution in [0.1, 0.15) is 5.69 Å². The minimum atomic E-state index is -3.66. The zero-order valence-electron chi connectivity index (χ0n) is 9.75. The van der Waals surface area contributed by atoms with Crippen molar-refractivity contribution in [2.24, 2.45) is 0 Å². The Morgan fingerprint density at radius 1 is 1.32 bits per heavy atom. The van der Waals surface area contributed by atoms with E-state index in [1.165, 1.54) is 12.3 Å². The van der Waals surface area contributed by atoms with Crippen LogP contribution in [0, 0.1) is 0 Å². The van der Waals surface area contributed by atoms with E-state index in [0.717, 1.165) is 0 Å². The summed E-state index contributed by atoms with van der Waals surface area (Å²) in [5.74, 6) is 0. The Labute approximate surface area is 119 Å². The highest BCUT2D eigenvalue weighted by atomic mass is 79.9. The van der Waals surface area contributed by atoms with Crippen LogP contribution >= 0.6 is 15.9 Å². The van der Waals surface area contributed by atoms with Crippen molar-refractivity contribution in [3.63, 3.8) is 0 Å². The average Bonchev–Trinajstić information content (AvgIpc) is 2.40. The number of benzene rings is 1. The Kier molecular flexibility index (Phi) is 4.13. The lowest BCUT2D eigenvalue weighted by Gasteiger charge is -2.08. The highest BCUT2D eigenvalue weighted by molar-refractivity contribution is 9.10. The number of hydrogen-bond donors (Lipinski definition) is 2. The Morgan fingerprint density at radius 3 is 2.79 bits per heavy atom. The lowest BCUT2D eigenvalue weighted by Crippen LogP contribution is -2.24. The molecular formula is C11H11BrN4O2S. The molecule has 0 aliphatic rings. The summed E-state index contributed by atoms with van der Waals surface area (Å²) in [7, 11) is -3.66. The van der Waals surface area contributed by atoms with Gasteiger partial charge in [0.25, 0.3) is 0 Å². The van der Waals surface area contributed by atoms with Crippen LogP contribution in [0.15, 0.2) is 45.9 Å². The van der Waals surface area contributed by atoms with Crippen molar-refractivity contribution >= 4 is 31.6 Å². The Hall–Kier alpha value is -1.51. The molecule has 0 spiro atoms. The number of anilines is 1. The van der Waals surface area contributed by atoms with Crippen molar-refractivity contribution in [3.05, 3.63) is 46.7 Å². The molecule has 0 aliphatic heterocycles. The van der Waals surface area contributed by atoms with Gasteiger partial charge >= 0.3 is 0 Å². The zero-order chi connectivity index (χ0) is 13.9. The summed E-state index contributed by atoms with van der Waals surface area (Å²) in [6.07, 6.45) is 1.52. The molecule has 0 saturated heterocycles. The van der Waals surface area contributed by atoms with Gasteiger partial charge in [0.15, 0.2) is 0 Å². The van der Waals surface area contributed by atoms with E-state index in [-0.39, 0.29) is 11.4 Å². The third-order valence-corrected chi connectivity index (χ3v) is 4.71. The number of nitrogens with zero attached hydrogens (tertiary/aromatic N) is 2. The molecule has 0 saturated carbocycles. The fraction of sp³-hybridized carbons (Fsp3) is 0.0909. The molecule has 1 heterocycles. The number of hydrogen-bond acceptors (Lipinski definition) is 5. The van der Waals surface area contributed by atoms with E-state index < -0.39 is 10.0 Å². The summed E-state index contributed by atoms with van der Waals surface area (Å²) < 4.78 is 27.2. The van der Waals surface area contributed by atoms with E-state index in [1.54, 1.807) is 24.3 Å². The molecular weight excluding hydrogens is 332 g/mol. The van der Waals surface area contributed by atoms with Crippen LogP contribution in [-0.4, -0.2) is 18.6 Å². The molecule has 8 heteroatoms. The SMILES string of the molecule is Nc1ccc(Br)c(S(=O)(=O)NCc2cccnn2)c1. The molecule has 0 atom stereocenters. The predicted octanol–water partition coefficient (Wildman–Crippen LogP) is 1.30. The van der Waals surface area contributed by atoms with Crippen LogP contribution in [0.3, 0.4) is 0 Å². The molecule has 100 valence electrons. The topological polar surface area (TPSA) is 98.0 Å². The highest BCUT2D eigenvalue weighted by Gasteiger charge is 2.17. The largest absolute Gasteiger partial charge is 0.399 e. The lowest BCUT2D eigenvalue weighted by molar-refractivity contribution is 0.579. The fourth-order valence-corrected chi connectivity index (χ4v) is 3.40. The van der Waals surface area contributed by atoms with Crippen LogP contribution in [-0.2, 0) is 16.6 Å². The maximum atomic E-state index is 12.1. The molecule has 0 bridgehead atoms. The first kappa shape index (κ1) is 13.9. The zero-order valence-corrected chi connectivity index (χ0v) is 12.1. The van der Waals surface area contributed by atoms with Crippen LogP contribution in [0.2, 0.25) is 0 Å². The molecule has 2 aromatic rings. The Bertz CT molecular complexity index is 676. The number of halogens is 1. The summed E-state index contributed by atoms with van der Waals surface area (Å²) in [6.45, 7) is 0.0669. The van der Waals surface area contributed by atoms with Gasteiger partial charge in [0, 0.05) is 16.4 Å². The van der Waals surface area contributed by atoms with Gasteiger partial charge in [0.1, 0.15) is 0 Å². The van der Waals surface area contributed by atoms with E-state index in [4.69, 9.17) is 5.73 Å². The lowest BCUT2D eigenvalue weighted by atomic mass is 10.3. The van der Waals surface area contributed by atoms with Crippen molar-refractivity contribution in [1.82, 2.24) is 14.9 Å². The van der Waals surface area contributed by atoms with Gasteiger partial charge < -0.3 is 5.73 Å². The third-order valence-electron chi connectivity index (χ3n) is 2.32. The Morgan fingerprint density at radius 2 is 2.11 bits per heavy atom. The second-order valence-corrected chi connectivity index (χ2v) is 6.32. The molecule has 6 nitrogen and oxygen atoms in total. The maximum absolute atomic E-state index is 12.1. The molecule has 0 amide bonds. The van der Waals surface area contributed by atoms with Gasteiger partial charge in [-0.1, -0.05) is 0 Å². The molecule has 0 aliphatic carbocycles. The number of nitrogens with two attached hydrogens (primary N) is 1. The molecule has 3 N–H and O–H groups in total. The molecule has 1 aromatic carbocycles. The number of nitrogens with one attached hydrogen (secondary N) is 1. The summed E-state index contributed by atoms with van der Waals surface area (Å²) in [4.78, 5) is 0.0939. The minimum absolute atomic E-state index is 0.0669. The highest BCUT2D eigenvalue weighted by Crippen LogP contribution is 2.24. The van der Waals surface area contributed by atoms with Crippen molar-refractivity contribution in [3.8, 4) is 0 Å². The van der Waals surface area contributed by atoms with Crippen molar-refractivity contribution < 1.29 is 8.42 Å². The van der Waals surface area contributed by atoms with E-state index in [1.807, 2.05) is 0 Å². The minimum Gasteiger partial charge on any atom is -0.399 e. The van der Waals surface area contributed by atoms with Crippen molar-refractivity contribution in [2.75, 3.05) is 5.73 Å². The standard InChI is InChI=1S/C11H11BrN4O2S/c12-10-4-3-8(13)6-11(10)19(17,18)15-7-9-2-1-5-14-16-9/h1-6,15H,7,13H2. The quantitative estimate of drug-likeness (QED) is 0.816. The monoisotopic (exact) mass is 342 g/mol. The molecule has 0 fully saturated rings. The van der Waals surface area contributed by atoms with Crippen molar-refractivity contribution in [1.29, 1.82) is 0 Å².